The van der Waals surface area contributed by atoms with E-state index in [9.17, 15) is 4.79 Å². The van der Waals surface area contributed by atoms with E-state index in [4.69, 9.17) is 23.2 Å². The topological polar surface area (TPSA) is 32.3 Å². The van der Waals surface area contributed by atoms with Crippen LogP contribution in [0.3, 0.4) is 0 Å². The number of rotatable bonds is 4. The highest BCUT2D eigenvalue weighted by Crippen LogP contribution is 2.23. The van der Waals surface area contributed by atoms with Crippen LogP contribution in [0, 0.1) is 5.92 Å². The van der Waals surface area contributed by atoms with Gasteiger partial charge in [-0.3, -0.25) is 4.79 Å². The molecular weight excluding hydrogens is 295 g/mol. The van der Waals surface area contributed by atoms with E-state index in [1.165, 1.54) is 0 Å². The molecule has 1 heterocycles. The molecule has 1 unspecified atom stereocenters. The van der Waals surface area contributed by atoms with Crippen molar-refractivity contribution >= 4 is 29.1 Å². The van der Waals surface area contributed by atoms with Gasteiger partial charge in [-0.2, -0.15) is 0 Å². The first-order valence-corrected chi connectivity index (χ1v) is 7.70. The summed E-state index contributed by atoms with van der Waals surface area (Å²) in [4.78, 5) is 14.0. The zero-order chi connectivity index (χ0) is 14.5. The van der Waals surface area contributed by atoms with Crippen molar-refractivity contribution in [3.05, 3.63) is 33.8 Å². The van der Waals surface area contributed by atoms with Crippen LogP contribution in [0.15, 0.2) is 18.2 Å². The molecule has 0 bridgehead atoms. The first kappa shape index (κ1) is 15.6. The first-order valence-electron chi connectivity index (χ1n) is 6.95. The van der Waals surface area contributed by atoms with Gasteiger partial charge in [0.05, 0.1) is 10.0 Å². The van der Waals surface area contributed by atoms with Gasteiger partial charge < -0.3 is 10.2 Å². The number of piperidine rings is 1. The summed E-state index contributed by atoms with van der Waals surface area (Å²) in [5.74, 6) is 0.650. The first-order chi connectivity index (χ1) is 9.56. The molecule has 0 saturated carbocycles. The summed E-state index contributed by atoms with van der Waals surface area (Å²) in [6.45, 7) is 2.59. The van der Waals surface area contributed by atoms with Crippen molar-refractivity contribution in [2.24, 2.45) is 5.92 Å². The Labute approximate surface area is 130 Å². The third-order valence-electron chi connectivity index (χ3n) is 3.69. The number of nitrogens with one attached hydrogen (secondary N) is 1. The lowest BCUT2D eigenvalue weighted by atomic mass is 9.95. The van der Waals surface area contributed by atoms with Crippen molar-refractivity contribution in [2.75, 3.05) is 20.1 Å². The van der Waals surface area contributed by atoms with Gasteiger partial charge in [-0.25, -0.2) is 0 Å². The zero-order valence-corrected chi connectivity index (χ0v) is 13.2. The predicted molar refractivity (Wildman–Crippen MR) is 83.1 cm³/mol. The summed E-state index contributed by atoms with van der Waals surface area (Å²) in [5, 5.41) is 4.41. The van der Waals surface area contributed by atoms with Crippen molar-refractivity contribution in [1.29, 1.82) is 0 Å². The van der Waals surface area contributed by atoms with Gasteiger partial charge in [0, 0.05) is 20.0 Å². The third kappa shape index (κ3) is 4.37. The van der Waals surface area contributed by atoms with E-state index in [2.05, 4.69) is 5.32 Å². The highest BCUT2D eigenvalue weighted by atomic mass is 35.5. The molecule has 2 rings (SSSR count). The number of benzene rings is 1. The van der Waals surface area contributed by atoms with Crippen LogP contribution < -0.4 is 5.32 Å². The van der Waals surface area contributed by atoms with Crippen molar-refractivity contribution < 1.29 is 4.79 Å². The maximum Gasteiger partial charge on any atom is 0.222 e. The molecule has 1 amide bonds. The molecule has 1 saturated heterocycles. The van der Waals surface area contributed by atoms with E-state index in [1.807, 2.05) is 19.2 Å². The standard InChI is InChI=1S/C15H20Cl2N2O/c1-19(10-12-4-5-13(16)14(17)7-12)15(20)8-11-3-2-6-18-9-11/h4-5,7,11,18H,2-3,6,8-10H2,1H3. The van der Waals surface area contributed by atoms with Crippen LogP contribution in [-0.4, -0.2) is 30.9 Å². The summed E-state index contributed by atoms with van der Waals surface area (Å²) < 4.78 is 0. The second kappa shape index (κ2) is 7.30. The molecule has 5 heteroatoms. The maximum absolute atomic E-state index is 12.2. The van der Waals surface area contributed by atoms with E-state index in [-0.39, 0.29) is 5.91 Å². The van der Waals surface area contributed by atoms with E-state index in [1.54, 1.807) is 11.0 Å². The summed E-state index contributed by atoms with van der Waals surface area (Å²) in [7, 11) is 1.83. The predicted octanol–water partition coefficient (Wildman–Crippen LogP) is 3.34. The SMILES string of the molecule is CN(Cc1ccc(Cl)c(Cl)c1)C(=O)CC1CCCNC1. The Bertz CT molecular complexity index is 473. The molecular formula is C15H20Cl2N2O. The average molecular weight is 315 g/mol. The average Bonchev–Trinajstić information content (AvgIpc) is 2.44. The lowest BCUT2D eigenvalue weighted by Crippen LogP contribution is -2.34. The van der Waals surface area contributed by atoms with Gasteiger partial charge in [0.2, 0.25) is 5.91 Å². The largest absolute Gasteiger partial charge is 0.341 e. The van der Waals surface area contributed by atoms with Crippen LogP contribution in [0.25, 0.3) is 0 Å². The van der Waals surface area contributed by atoms with Crippen LogP contribution in [0.4, 0.5) is 0 Å². The molecule has 110 valence electrons. The molecule has 20 heavy (non-hydrogen) atoms. The molecule has 1 fully saturated rings. The van der Waals surface area contributed by atoms with E-state index in [0.717, 1.165) is 31.5 Å². The quantitative estimate of drug-likeness (QED) is 0.924. The fourth-order valence-corrected chi connectivity index (χ4v) is 2.82. The number of carbonyl (C=O) groups excluding carboxylic acids is 1. The van der Waals surface area contributed by atoms with Gasteiger partial charge in [0.1, 0.15) is 0 Å². The Kier molecular flexibility index (Phi) is 5.70. The molecule has 0 radical (unpaired) electrons. The van der Waals surface area contributed by atoms with Crippen LogP contribution in [0.2, 0.25) is 10.0 Å². The van der Waals surface area contributed by atoms with Gasteiger partial charge in [0.15, 0.2) is 0 Å². The highest BCUT2D eigenvalue weighted by molar-refractivity contribution is 6.42. The molecule has 0 aliphatic carbocycles. The molecule has 1 atom stereocenters. The van der Waals surface area contributed by atoms with Crippen molar-refractivity contribution in [3.63, 3.8) is 0 Å². The summed E-state index contributed by atoms with van der Waals surface area (Å²) in [5.41, 5.74) is 0.997. The van der Waals surface area contributed by atoms with Crippen molar-refractivity contribution in [2.45, 2.75) is 25.8 Å². The molecule has 0 spiro atoms. The number of hydrogen-bond donors (Lipinski definition) is 1. The molecule has 3 nitrogen and oxygen atoms in total. The molecule has 1 aliphatic rings. The Hall–Kier alpha value is -0.770. The van der Waals surface area contributed by atoms with Crippen molar-refractivity contribution in [3.8, 4) is 0 Å². The molecule has 1 N–H and O–H groups in total. The number of halogens is 2. The van der Waals surface area contributed by atoms with E-state index < -0.39 is 0 Å². The summed E-state index contributed by atoms with van der Waals surface area (Å²) in [6, 6.07) is 5.48. The minimum atomic E-state index is 0.185. The smallest absolute Gasteiger partial charge is 0.222 e. The van der Waals surface area contributed by atoms with Crippen LogP contribution in [0.1, 0.15) is 24.8 Å². The second-order valence-corrected chi connectivity index (χ2v) is 6.23. The Morgan fingerprint density at radius 1 is 1.40 bits per heavy atom. The van der Waals surface area contributed by atoms with Gasteiger partial charge in [-0.05, 0) is 49.5 Å². The number of carbonyl (C=O) groups is 1. The van der Waals surface area contributed by atoms with Crippen LogP contribution in [-0.2, 0) is 11.3 Å². The monoisotopic (exact) mass is 314 g/mol. The van der Waals surface area contributed by atoms with Crippen molar-refractivity contribution in [1.82, 2.24) is 10.2 Å². The number of amides is 1. The highest BCUT2D eigenvalue weighted by Gasteiger charge is 2.19. The van der Waals surface area contributed by atoms with Gasteiger partial charge in [-0.1, -0.05) is 29.3 Å². The lowest BCUT2D eigenvalue weighted by molar-refractivity contribution is -0.131. The molecule has 1 aliphatic heterocycles. The van der Waals surface area contributed by atoms with Gasteiger partial charge in [0.25, 0.3) is 0 Å². The molecule has 0 aromatic heterocycles. The fraction of sp³-hybridized carbons (Fsp3) is 0.533. The number of nitrogens with zero attached hydrogens (tertiary/aromatic N) is 1. The lowest BCUT2D eigenvalue weighted by Gasteiger charge is -2.25. The summed E-state index contributed by atoms with van der Waals surface area (Å²) >= 11 is 11.9. The number of hydrogen-bond acceptors (Lipinski definition) is 2. The zero-order valence-electron chi connectivity index (χ0n) is 11.7. The normalized spacial score (nSPS) is 18.9. The van der Waals surface area contributed by atoms with Crippen LogP contribution in [0.5, 0.6) is 0 Å². The second-order valence-electron chi connectivity index (χ2n) is 5.41. The Morgan fingerprint density at radius 3 is 2.85 bits per heavy atom. The molecule has 1 aromatic rings. The Balaban J connectivity index is 1.88. The molecule has 1 aromatic carbocycles. The summed E-state index contributed by atoms with van der Waals surface area (Å²) in [6.07, 6.45) is 2.92. The van der Waals surface area contributed by atoms with Gasteiger partial charge >= 0.3 is 0 Å². The minimum absolute atomic E-state index is 0.185. The maximum atomic E-state index is 12.2. The Morgan fingerprint density at radius 2 is 2.20 bits per heavy atom. The minimum Gasteiger partial charge on any atom is -0.341 e. The fourth-order valence-electron chi connectivity index (χ4n) is 2.50. The van der Waals surface area contributed by atoms with Crippen LogP contribution >= 0.6 is 23.2 Å². The van der Waals surface area contributed by atoms with E-state index in [0.29, 0.717) is 28.9 Å². The van der Waals surface area contributed by atoms with Gasteiger partial charge in [-0.15, -0.1) is 0 Å². The van der Waals surface area contributed by atoms with E-state index >= 15 is 0 Å². The third-order valence-corrected chi connectivity index (χ3v) is 4.43.